The van der Waals surface area contributed by atoms with Crippen molar-refractivity contribution in [2.45, 2.75) is 26.8 Å². The Morgan fingerprint density at radius 2 is 1.90 bits per heavy atom. The molecule has 6 nitrogen and oxygen atoms in total. The summed E-state index contributed by atoms with van der Waals surface area (Å²) in [5.74, 6) is -2.13. The lowest BCUT2D eigenvalue weighted by Gasteiger charge is -2.15. The first-order valence-electron chi connectivity index (χ1n) is 6.48. The highest BCUT2D eigenvalue weighted by molar-refractivity contribution is 5.92. The van der Waals surface area contributed by atoms with Gasteiger partial charge in [0.15, 0.2) is 5.43 Å². The van der Waals surface area contributed by atoms with Crippen molar-refractivity contribution >= 4 is 22.8 Å². The molecule has 0 aliphatic carbocycles. The summed E-state index contributed by atoms with van der Waals surface area (Å²) in [5, 5.41) is 18.5. The van der Waals surface area contributed by atoms with Gasteiger partial charge in [-0.05, 0) is 31.5 Å². The van der Waals surface area contributed by atoms with E-state index in [1.807, 2.05) is 0 Å². The monoisotopic (exact) mass is 289 g/mol. The second-order valence-corrected chi connectivity index (χ2v) is 4.77. The molecule has 0 unspecified atom stereocenters. The maximum absolute atomic E-state index is 12.3. The molecule has 0 aliphatic rings. The number of aryl methyl sites for hydroxylation is 1. The summed E-state index contributed by atoms with van der Waals surface area (Å²) in [5.41, 5.74) is 0.765. The van der Waals surface area contributed by atoms with Gasteiger partial charge in [0.1, 0.15) is 5.69 Å². The lowest BCUT2D eigenvalue weighted by atomic mass is 10.0. The normalized spacial score (nSPS) is 10.8. The number of pyridine rings is 1. The van der Waals surface area contributed by atoms with E-state index in [9.17, 15) is 19.5 Å². The molecule has 0 bridgehead atoms. The highest BCUT2D eigenvalue weighted by Gasteiger charge is 2.18. The Hall–Kier alpha value is -2.63. The third kappa shape index (κ3) is 2.52. The van der Waals surface area contributed by atoms with Crippen LogP contribution < -0.4 is 5.43 Å². The summed E-state index contributed by atoms with van der Waals surface area (Å²) in [6.07, 6.45) is -0.179. The zero-order chi connectivity index (χ0) is 15.7. The van der Waals surface area contributed by atoms with Crippen molar-refractivity contribution in [1.29, 1.82) is 0 Å². The molecule has 2 aromatic rings. The Balaban J connectivity index is 2.86. The number of fused-ring (bicyclic) bond motifs is 1. The maximum Gasteiger partial charge on any atom is 0.352 e. The number of aromatic nitrogens is 1. The van der Waals surface area contributed by atoms with Gasteiger partial charge in [0.05, 0.1) is 11.9 Å². The number of rotatable bonds is 4. The van der Waals surface area contributed by atoms with Crippen LogP contribution >= 0.6 is 0 Å². The van der Waals surface area contributed by atoms with E-state index in [-0.39, 0.29) is 23.1 Å². The van der Waals surface area contributed by atoms with Gasteiger partial charge >= 0.3 is 11.9 Å². The van der Waals surface area contributed by atoms with E-state index in [0.29, 0.717) is 23.0 Å². The average molecular weight is 289 g/mol. The van der Waals surface area contributed by atoms with Crippen molar-refractivity contribution in [3.63, 3.8) is 0 Å². The van der Waals surface area contributed by atoms with Crippen LogP contribution in [0.3, 0.4) is 0 Å². The molecule has 0 atom stereocenters. The summed E-state index contributed by atoms with van der Waals surface area (Å²) in [6.45, 7) is 3.67. The molecule has 0 aliphatic heterocycles. The zero-order valence-corrected chi connectivity index (χ0v) is 11.7. The minimum atomic E-state index is -1.15. The molecular weight excluding hydrogens is 274 g/mol. The molecule has 1 aromatic carbocycles. The first-order chi connectivity index (χ1) is 9.86. The fourth-order valence-electron chi connectivity index (χ4n) is 2.52. The third-order valence-electron chi connectivity index (χ3n) is 3.44. The van der Waals surface area contributed by atoms with E-state index in [4.69, 9.17) is 5.11 Å². The quantitative estimate of drug-likeness (QED) is 0.892. The summed E-state index contributed by atoms with van der Waals surface area (Å²) in [7, 11) is 0. The summed E-state index contributed by atoms with van der Waals surface area (Å²) >= 11 is 0. The predicted molar refractivity (Wildman–Crippen MR) is 76.9 cm³/mol. The molecule has 0 amide bonds. The molecule has 2 rings (SSSR count). The number of benzene rings is 1. The molecule has 1 aromatic heterocycles. The molecule has 0 fully saturated rings. The fraction of sp³-hybridized carbons (Fsp3) is 0.267. The van der Waals surface area contributed by atoms with Gasteiger partial charge in [0, 0.05) is 17.5 Å². The first-order valence-corrected chi connectivity index (χ1v) is 6.48. The Kier molecular flexibility index (Phi) is 3.80. The van der Waals surface area contributed by atoms with E-state index in [2.05, 4.69) is 0 Å². The van der Waals surface area contributed by atoms with Crippen LogP contribution in [0.5, 0.6) is 0 Å². The summed E-state index contributed by atoms with van der Waals surface area (Å²) in [6, 6.07) is 4.73. The number of nitrogens with zero attached hydrogens (tertiary/aromatic N) is 1. The molecule has 6 heteroatoms. The van der Waals surface area contributed by atoms with Crippen LogP contribution in [-0.2, 0) is 17.8 Å². The van der Waals surface area contributed by atoms with Gasteiger partial charge in [-0.2, -0.15) is 0 Å². The molecular formula is C15H15NO5. The number of aliphatic carboxylic acids is 1. The van der Waals surface area contributed by atoms with Gasteiger partial charge in [-0.3, -0.25) is 9.59 Å². The molecule has 1 heterocycles. The molecule has 0 radical (unpaired) electrons. The molecule has 0 saturated heterocycles. The van der Waals surface area contributed by atoms with Gasteiger partial charge < -0.3 is 14.8 Å². The number of hydrogen-bond acceptors (Lipinski definition) is 3. The van der Waals surface area contributed by atoms with E-state index in [1.54, 1.807) is 23.6 Å². The van der Waals surface area contributed by atoms with Crippen LogP contribution in [-0.4, -0.2) is 26.7 Å². The Morgan fingerprint density at radius 3 is 2.43 bits per heavy atom. The minimum Gasteiger partial charge on any atom is -0.481 e. The van der Waals surface area contributed by atoms with Crippen molar-refractivity contribution in [3.8, 4) is 0 Å². The number of carbonyl (C=O) groups is 2. The fourth-order valence-corrected chi connectivity index (χ4v) is 2.52. The van der Waals surface area contributed by atoms with E-state index in [1.165, 1.54) is 13.0 Å². The van der Waals surface area contributed by atoms with Crippen LogP contribution in [0.15, 0.2) is 23.0 Å². The smallest absolute Gasteiger partial charge is 0.352 e. The van der Waals surface area contributed by atoms with Crippen molar-refractivity contribution in [3.05, 3.63) is 45.2 Å². The SMILES string of the molecule is CCn1c(C(=O)O)c(C)c(=O)c2cc(CC(=O)O)ccc21. The topological polar surface area (TPSA) is 96.6 Å². The average Bonchev–Trinajstić information content (AvgIpc) is 2.41. The molecule has 0 spiro atoms. The van der Waals surface area contributed by atoms with Crippen LogP contribution in [0.25, 0.3) is 10.9 Å². The van der Waals surface area contributed by atoms with Crippen LogP contribution in [0.2, 0.25) is 0 Å². The van der Waals surface area contributed by atoms with Gasteiger partial charge in [-0.1, -0.05) is 6.07 Å². The zero-order valence-electron chi connectivity index (χ0n) is 11.7. The van der Waals surface area contributed by atoms with Crippen molar-refractivity contribution in [2.75, 3.05) is 0 Å². The lowest BCUT2D eigenvalue weighted by molar-refractivity contribution is -0.136. The Morgan fingerprint density at radius 1 is 1.24 bits per heavy atom. The number of aromatic carboxylic acids is 1. The minimum absolute atomic E-state index is 0.0269. The second-order valence-electron chi connectivity index (χ2n) is 4.77. The number of carboxylic acid groups (broad SMARTS) is 2. The van der Waals surface area contributed by atoms with Crippen LogP contribution in [0.1, 0.15) is 28.5 Å². The predicted octanol–water partition coefficient (Wildman–Crippen LogP) is 1.66. The largest absolute Gasteiger partial charge is 0.481 e. The van der Waals surface area contributed by atoms with Crippen LogP contribution in [0, 0.1) is 6.92 Å². The molecule has 21 heavy (non-hydrogen) atoms. The molecule has 2 N–H and O–H groups in total. The summed E-state index contributed by atoms with van der Waals surface area (Å²) < 4.78 is 1.55. The van der Waals surface area contributed by atoms with E-state index < -0.39 is 11.9 Å². The van der Waals surface area contributed by atoms with Gasteiger partial charge in [-0.25, -0.2) is 4.79 Å². The van der Waals surface area contributed by atoms with Crippen LogP contribution in [0.4, 0.5) is 0 Å². The van der Waals surface area contributed by atoms with Crippen molar-refractivity contribution < 1.29 is 19.8 Å². The van der Waals surface area contributed by atoms with Gasteiger partial charge in [0.2, 0.25) is 0 Å². The first kappa shape index (κ1) is 14.8. The Labute approximate surface area is 120 Å². The highest BCUT2D eigenvalue weighted by Crippen LogP contribution is 2.18. The van der Waals surface area contributed by atoms with Crippen molar-refractivity contribution in [1.82, 2.24) is 4.57 Å². The van der Waals surface area contributed by atoms with E-state index >= 15 is 0 Å². The third-order valence-corrected chi connectivity index (χ3v) is 3.44. The van der Waals surface area contributed by atoms with Gasteiger partial charge in [0.25, 0.3) is 0 Å². The van der Waals surface area contributed by atoms with Crippen molar-refractivity contribution in [2.24, 2.45) is 0 Å². The number of hydrogen-bond donors (Lipinski definition) is 2. The lowest BCUT2D eigenvalue weighted by Crippen LogP contribution is -2.22. The van der Waals surface area contributed by atoms with E-state index in [0.717, 1.165) is 0 Å². The van der Waals surface area contributed by atoms with Gasteiger partial charge in [-0.15, -0.1) is 0 Å². The Bertz CT molecular complexity index is 804. The highest BCUT2D eigenvalue weighted by atomic mass is 16.4. The summed E-state index contributed by atoms with van der Waals surface area (Å²) in [4.78, 5) is 34.5. The molecule has 0 saturated carbocycles. The number of carboxylic acids is 2. The maximum atomic E-state index is 12.3. The second kappa shape index (κ2) is 5.40. The molecule has 110 valence electrons. The standard InChI is InChI=1S/C15H15NO5/c1-3-16-11-5-4-9(7-12(17)18)6-10(11)14(19)8(2)13(16)15(20)21/h4-6H,3,7H2,1-2H3,(H,17,18)(H,20,21).